The van der Waals surface area contributed by atoms with Crippen LogP contribution in [0.2, 0.25) is 0 Å². The van der Waals surface area contributed by atoms with Gasteiger partial charge in [-0.25, -0.2) is 39.5 Å². The SMILES string of the molecule is CC1(C)OC[C@@H](COc2ccnc(NC(=O)N3c4nc(-c5cccc(C(F)(F)F)c5)ncc4N4CC[C@H]3C4)n2)O1.O=C(Nc1nccc(OC[C@@H](O)CO)n1)N1c2nc(-c3cccc(C(F)(F)F)c3)ncc2N2CC[C@H]1C2. The number of anilines is 6. The summed E-state index contributed by atoms with van der Waals surface area (Å²) in [7, 11) is 0. The molecule has 3 saturated heterocycles. The summed E-state index contributed by atoms with van der Waals surface area (Å²) in [6.07, 6.45) is -3.15. The molecule has 404 valence electrons. The zero-order valence-electron chi connectivity index (χ0n) is 40.9. The van der Waals surface area contributed by atoms with Gasteiger partial charge in [-0.3, -0.25) is 20.4 Å². The van der Waals surface area contributed by atoms with Crippen molar-refractivity contribution in [2.45, 2.75) is 69.1 Å². The number of aliphatic hydroxyl groups excluding tert-OH is 2. The number of urea groups is 2. The number of carbonyl (C=O) groups is 2. The Labute approximate surface area is 434 Å². The molecule has 9 heterocycles. The van der Waals surface area contributed by atoms with Crippen molar-refractivity contribution in [3.05, 3.63) is 96.6 Å². The zero-order valence-corrected chi connectivity index (χ0v) is 40.9. The van der Waals surface area contributed by atoms with Crippen LogP contribution < -0.4 is 39.7 Å². The predicted octanol–water partition coefficient (Wildman–Crippen LogP) is 6.43. The number of benzene rings is 2. The fraction of sp³-hybridized carbons (Fsp3) is 0.388. The first-order valence-electron chi connectivity index (χ1n) is 24.1. The second kappa shape index (κ2) is 21.2. The molecule has 11 rings (SSSR count). The van der Waals surface area contributed by atoms with Crippen LogP contribution in [0.1, 0.15) is 37.8 Å². The lowest BCUT2D eigenvalue weighted by Crippen LogP contribution is -2.48. The van der Waals surface area contributed by atoms with Gasteiger partial charge in [0.2, 0.25) is 23.7 Å². The van der Waals surface area contributed by atoms with Gasteiger partial charge in [0, 0.05) is 61.8 Å². The van der Waals surface area contributed by atoms with Crippen LogP contribution in [0, 0.1) is 0 Å². The molecule has 4 amide bonds. The number of amides is 4. The van der Waals surface area contributed by atoms with E-state index in [9.17, 15) is 41.0 Å². The van der Waals surface area contributed by atoms with E-state index in [-0.39, 0.29) is 83.7 Å². The summed E-state index contributed by atoms with van der Waals surface area (Å²) in [6, 6.07) is 11.0. The number of ether oxygens (including phenoxy) is 4. The summed E-state index contributed by atoms with van der Waals surface area (Å²) in [5, 5.41) is 23.7. The number of aliphatic hydroxyl groups is 2. The van der Waals surface area contributed by atoms with Gasteiger partial charge >= 0.3 is 24.4 Å². The van der Waals surface area contributed by atoms with Gasteiger partial charge in [-0.1, -0.05) is 24.3 Å². The van der Waals surface area contributed by atoms with Gasteiger partial charge in [0.05, 0.1) is 60.2 Å². The highest BCUT2D eigenvalue weighted by atomic mass is 19.4. The van der Waals surface area contributed by atoms with E-state index in [1.165, 1.54) is 58.7 Å². The van der Waals surface area contributed by atoms with Crippen molar-refractivity contribution in [1.82, 2.24) is 39.9 Å². The third-order valence-electron chi connectivity index (χ3n) is 12.8. The smallest absolute Gasteiger partial charge is 0.416 e. The number of alkyl halides is 6. The molecule has 6 aromatic rings. The number of carbonyl (C=O) groups excluding carboxylic acids is 2. The van der Waals surface area contributed by atoms with Crippen LogP contribution in [0.5, 0.6) is 11.8 Å². The van der Waals surface area contributed by atoms with Gasteiger partial charge in [0.25, 0.3) is 0 Å². The van der Waals surface area contributed by atoms with Crippen molar-refractivity contribution >= 4 is 47.0 Å². The topological polar surface area (TPSA) is 252 Å². The largest absolute Gasteiger partial charge is 0.475 e. The Morgan fingerprint density at radius 1 is 0.727 bits per heavy atom. The maximum Gasteiger partial charge on any atom is 0.416 e. The quantitative estimate of drug-likeness (QED) is 0.102. The van der Waals surface area contributed by atoms with Gasteiger partial charge in [-0.15, -0.1) is 0 Å². The molecule has 28 heteroatoms. The maximum absolute atomic E-state index is 13.5. The number of hydrogen-bond acceptors (Lipinski definition) is 18. The van der Waals surface area contributed by atoms with E-state index in [2.05, 4.69) is 55.4 Å². The Morgan fingerprint density at radius 3 is 1.68 bits per heavy atom. The molecule has 0 aliphatic carbocycles. The fourth-order valence-corrected chi connectivity index (χ4v) is 9.23. The number of nitrogens with zero attached hydrogens (tertiary/aromatic N) is 12. The second-order valence-electron chi connectivity index (χ2n) is 18.7. The molecular formula is C49H48F6N14O8. The van der Waals surface area contributed by atoms with Gasteiger partial charge in [0.1, 0.15) is 25.4 Å². The minimum atomic E-state index is -4.52. The van der Waals surface area contributed by atoms with E-state index in [0.717, 1.165) is 24.3 Å². The minimum absolute atomic E-state index is 0.0283. The van der Waals surface area contributed by atoms with Crippen LogP contribution in [0.15, 0.2) is 85.5 Å². The molecular weight excluding hydrogens is 1030 g/mol. The Balaban J connectivity index is 0.000000175. The Kier molecular flexibility index (Phi) is 14.4. The summed E-state index contributed by atoms with van der Waals surface area (Å²) in [5.41, 5.74) is -0.0477. The molecule has 3 fully saturated rings. The van der Waals surface area contributed by atoms with E-state index in [4.69, 9.17) is 24.1 Å². The van der Waals surface area contributed by atoms with Crippen molar-refractivity contribution in [3.63, 3.8) is 0 Å². The molecule has 0 spiro atoms. The van der Waals surface area contributed by atoms with E-state index >= 15 is 0 Å². The number of rotatable bonds is 11. The Hall–Kier alpha value is -8.08. The Bertz CT molecular complexity index is 3160. The first kappa shape index (κ1) is 52.4. The zero-order chi connectivity index (χ0) is 54.2. The number of halogens is 6. The highest BCUT2D eigenvalue weighted by Gasteiger charge is 2.43. The average Bonchev–Trinajstić information content (AvgIpc) is 4.16. The van der Waals surface area contributed by atoms with E-state index in [0.29, 0.717) is 62.8 Å². The molecule has 0 saturated carbocycles. The molecule has 5 aliphatic heterocycles. The third kappa shape index (κ3) is 11.7. The van der Waals surface area contributed by atoms with E-state index < -0.39 is 54.0 Å². The molecule has 5 aliphatic rings. The standard InChI is InChI=1S/C26H26F3N7O4.C23H22F3N7O4/c1-25(2)39-14-18(40-25)13-38-20-6-8-30-23(32-20)34-24(37)36-17-7-9-35(12-17)19-11-31-21(33-22(19)36)15-4-3-5-16(10-15)26(27,28)29;24-23(25,26)14-3-1-2-13(8-14)19-28-9-17-20(30-19)33(15-5-7-32(17)10-15)22(36)31-21-27-6-4-18(29-21)37-12-16(35)11-34/h3-6,8,10-11,17-18H,7,9,12-14H2,1-2H3,(H,30,32,34,37);1-4,6,8-9,15-16,34-35H,5,7,10-12H2,(H,27,29,31,36)/t17-,18+;15-,16-/m00/s1. The maximum atomic E-state index is 13.5. The number of aromatic nitrogens is 8. The number of nitrogens with one attached hydrogen (secondary N) is 2. The number of fused-ring (bicyclic) bond motifs is 8. The van der Waals surface area contributed by atoms with Gasteiger partial charge in [-0.2, -0.15) is 36.3 Å². The van der Waals surface area contributed by atoms with Gasteiger partial charge < -0.3 is 39.0 Å². The lowest BCUT2D eigenvalue weighted by molar-refractivity contribution is -0.141. The molecule has 4 aromatic heterocycles. The summed E-state index contributed by atoms with van der Waals surface area (Å²) in [6.45, 7) is 6.05. The van der Waals surface area contributed by atoms with Crippen LogP contribution in [0.3, 0.4) is 0 Å². The highest BCUT2D eigenvalue weighted by molar-refractivity contribution is 6.04. The molecule has 4 bridgehead atoms. The van der Waals surface area contributed by atoms with E-state index in [1.54, 1.807) is 12.3 Å². The van der Waals surface area contributed by atoms with Gasteiger partial charge in [0.15, 0.2) is 29.1 Å². The van der Waals surface area contributed by atoms with Crippen LogP contribution in [0.4, 0.5) is 70.8 Å². The molecule has 2 aromatic carbocycles. The van der Waals surface area contributed by atoms with Crippen molar-refractivity contribution in [2.24, 2.45) is 0 Å². The van der Waals surface area contributed by atoms with Gasteiger partial charge in [-0.05, 0) is 51.0 Å². The first-order chi connectivity index (χ1) is 36.8. The normalized spacial score (nSPS) is 19.4. The average molecular weight is 1080 g/mol. The second-order valence-corrected chi connectivity index (χ2v) is 18.7. The predicted molar refractivity (Wildman–Crippen MR) is 262 cm³/mol. The van der Waals surface area contributed by atoms with Crippen molar-refractivity contribution in [3.8, 4) is 34.5 Å². The molecule has 0 unspecified atom stereocenters. The minimum Gasteiger partial charge on any atom is -0.475 e. The fourth-order valence-electron chi connectivity index (χ4n) is 9.23. The summed E-state index contributed by atoms with van der Waals surface area (Å²) < 4.78 is 102. The molecule has 22 nitrogen and oxygen atoms in total. The molecule has 77 heavy (non-hydrogen) atoms. The van der Waals surface area contributed by atoms with Crippen LogP contribution >= 0.6 is 0 Å². The monoisotopic (exact) mass is 1070 g/mol. The van der Waals surface area contributed by atoms with Crippen LogP contribution in [-0.2, 0) is 21.8 Å². The summed E-state index contributed by atoms with van der Waals surface area (Å²) in [5.74, 6) is 0.336. The van der Waals surface area contributed by atoms with Crippen molar-refractivity contribution in [1.29, 1.82) is 0 Å². The van der Waals surface area contributed by atoms with Crippen molar-refractivity contribution < 1.29 is 65.1 Å². The molecule has 4 atom stereocenters. The third-order valence-corrected chi connectivity index (χ3v) is 12.8. The highest BCUT2D eigenvalue weighted by Crippen LogP contribution is 2.42. The first-order valence-corrected chi connectivity index (χ1v) is 24.1. The molecule has 0 radical (unpaired) electrons. The number of hydrogen-bond donors (Lipinski definition) is 4. The van der Waals surface area contributed by atoms with Crippen LogP contribution in [-0.4, -0.2) is 145 Å². The van der Waals surface area contributed by atoms with Crippen LogP contribution in [0.25, 0.3) is 22.8 Å². The molecule has 4 N–H and O–H groups in total. The van der Waals surface area contributed by atoms with E-state index in [1.807, 2.05) is 18.7 Å². The Morgan fingerprint density at radius 2 is 1.22 bits per heavy atom. The van der Waals surface area contributed by atoms with Crippen molar-refractivity contribution in [2.75, 3.05) is 82.8 Å². The summed E-state index contributed by atoms with van der Waals surface area (Å²) in [4.78, 5) is 68.1. The summed E-state index contributed by atoms with van der Waals surface area (Å²) >= 11 is 0. The lowest BCUT2D eigenvalue weighted by atomic mass is 10.1. The lowest BCUT2D eigenvalue weighted by Gasteiger charge is -2.35.